The Morgan fingerprint density at radius 2 is 1.71 bits per heavy atom. The summed E-state index contributed by atoms with van der Waals surface area (Å²) in [5, 5.41) is 12.8. The van der Waals surface area contributed by atoms with Gasteiger partial charge >= 0.3 is 11.9 Å². The molecular weight excluding hydrogens is 364 g/mol. The molecule has 3 rings (SSSR count). The number of likely N-dealkylation sites (tertiary alicyclic amines) is 1. The van der Waals surface area contributed by atoms with Crippen LogP contribution < -0.4 is 10.1 Å². The summed E-state index contributed by atoms with van der Waals surface area (Å²) < 4.78 is 5.01. The predicted octanol–water partition coefficient (Wildman–Crippen LogP) is 1.50. The van der Waals surface area contributed by atoms with Gasteiger partial charge in [-0.05, 0) is 45.4 Å². The third-order valence-electron chi connectivity index (χ3n) is 5.40. The predicted molar refractivity (Wildman–Crippen MR) is 98.3 cm³/mol. The van der Waals surface area contributed by atoms with Gasteiger partial charge in [-0.15, -0.1) is 0 Å². The fourth-order valence-corrected chi connectivity index (χ4v) is 4.19. The Morgan fingerprint density at radius 1 is 1.14 bits per heavy atom. The van der Waals surface area contributed by atoms with E-state index in [-0.39, 0.29) is 5.91 Å². The first-order valence-electron chi connectivity index (χ1n) is 9.05. The molecule has 2 aliphatic rings. The highest BCUT2D eigenvalue weighted by Gasteiger charge is 2.67. The van der Waals surface area contributed by atoms with Gasteiger partial charge < -0.3 is 9.84 Å². The third kappa shape index (κ3) is 2.97. The number of carboxylic acids is 1. The smallest absolute Gasteiger partial charge is 0.324 e. The average molecular weight is 388 g/mol. The standard InChI is InChI=1S/C20H24N2O6/c1-10(23)28-12-8-6-11(7-9-12)15-13-14(20(5,21-15)18(26)27)17(25)22(16(13)24)19(2,3)4/h6-9,13-15,21H,1-5H3,(H,26,27). The van der Waals surface area contributed by atoms with Gasteiger partial charge in [-0.3, -0.25) is 29.4 Å². The molecule has 2 amide bonds. The van der Waals surface area contributed by atoms with Crippen LogP contribution in [-0.4, -0.2) is 44.8 Å². The van der Waals surface area contributed by atoms with Crippen LogP contribution in [-0.2, 0) is 19.2 Å². The van der Waals surface area contributed by atoms with Crippen LogP contribution in [0.15, 0.2) is 24.3 Å². The second kappa shape index (κ2) is 6.41. The van der Waals surface area contributed by atoms with Gasteiger partial charge in [0.1, 0.15) is 11.3 Å². The van der Waals surface area contributed by atoms with E-state index in [0.29, 0.717) is 11.3 Å². The number of nitrogens with zero attached hydrogens (tertiary/aromatic N) is 1. The fourth-order valence-electron chi connectivity index (χ4n) is 4.19. The number of nitrogens with one attached hydrogen (secondary N) is 1. The lowest BCUT2D eigenvalue weighted by Crippen LogP contribution is -2.55. The van der Waals surface area contributed by atoms with Crippen molar-refractivity contribution in [2.24, 2.45) is 11.8 Å². The second-order valence-electron chi connectivity index (χ2n) is 8.48. The normalized spacial score (nSPS) is 29.8. The van der Waals surface area contributed by atoms with Crippen LogP contribution in [0.5, 0.6) is 5.75 Å². The Bertz CT molecular complexity index is 856. The van der Waals surface area contributed by atoms with E-state index in [2.05, 4.69) is 5.32 Å². The molecule has 0 aromatic heterocycles. The number of aliphatic carboxylic acids is 1. The molecule has 0 radical (unpaired) electrons. The quantitative estimate of drug-likeness (QED) is 0.458. The van der Waals surface area contributed by atoms with Gasteiger partial charge in [0.2, 0.25) is 11.8 Å². The number of amides is 2. The molecule has 2 aliphatic heterocycles. The Morgan fingerprint density at radius 3 is 2.18 bits per heavy atom. The van der Waals surface area contributed by atoms with E-state index in [9.17, 15) is 24.3 Å². The number of carbonyl (C=O) groups excluding carboxylic acids is 3. The van der Waals surface area contributed by atoms with Crippen LogP contribution in [0.4, 0.5) is 0 Å². The number of carboxylic acid groups (broad SMARTS) is 1. The molecule has 0 spiro atoms. The molecule has 8 heteroatoms. The average Bonchev–Trinajstić information content (AvgIpc) is 3.02. The van der Waals surface area contributed by atoms with Gasteiger partial charge in [0.05, 0.1) is 11.8 Å². The number of carbonyl (C=O) groups is 4. The van der Waals surface area contributed by atoms with Gasteiger partial charge in [0.15, 0.2) is 0 Å². The molecule has 2 heterocycles. The number of ether oxygens (including phenoxy) is 1. The van der Waals surface area contributed by atoms with Crippen molar-refractivity contribution in [3.63, 3.8) is 0 Å². The highest BCUT2D eigenvalue weighted by atomic mass is 16.5. The summed E-state index contributed by atoms with van der Waals surface area (Å²) in [6.07, 6.45) is 0. The minimum atomic E-state index is -1.57. The zero-order valence-corrected chi connectivity index (χ0v) is 16.5. The molecule has 4 unspecified atom stereocenters. The van der Waals surface area contributed by atoms with Crippen LogP contribution in [0.2, 0.25) is 0 Å². The maximum atomic E-state index is 13.2. The first-order valence-corrected chi connectivity index (χ1v) is 9.05. The molecule has 2 saturated heterocycles. The zero-order valence-electron chi connectivity index (χ0n) is 16.5. The highest BCUT2D eigenvalue weighted by molar-refractivity contribution is 6.09. The van der Waals surface area contributed by atoms with E-state index in [4.69, 9.17) is 4.74 Å². The Balaban J connectivity index is 2.04. The first kappa shape index (κ1) is 20.0. The Hall–Kier alpha value is -2.74. The summed E-state index contributed by atoms with van der Waals surface area (Å²) in [6, 6.07) is 5.83. The minimum Gasteiger partial charge on any atom is -0.480 e. The fraction of sp³-hybridized carbons (Fsp3) is 0.500. The van der Waals surface area contributed by atoms with Gasteiger partial charge in [0.25, 0.3) is 0 Å². The molecule has 2 fully saturated rings. The van der Waals surface area contributed by atoms with Gasteiger partial charge in [-0.25, -0.2) is 0 Å². The Kier molecular flexibility index (Phi) is 4.58. The van der Waals surface area contributed by atoms with Crippen LogP contribution in [0.1, 0.15) is 46.2 Å². The maximum Gasteiger partial charge on any atom is 0.324 e. The van der Waals surface area contributed by atoms with Crippen molar-refractivity contribution in [3.05, 3.63) is 29.8 Å². The lowest BCUT2D eigenvalue weighted by molar-refractivity contribution is -0.152. The van der Waals surface area contributed by atoms with Crippen molar-refractivity contribution in [1.29, 1.82) is 0 Å². The van der Waals surface area contributed by atoms with E-state index in [1.165, 1.54) is 18.7 Å². The summed E-state index contributed by atoms with van der Waals surface area (Å²) in [5.41, 5.74) is -1.68. The van der Waals surface area contributed by atoms with Gasteiger partial charge in [-0.2, -0.15) is 0 Å². The lowest BCUT2D eigenvalue weighted by atomic mass is 9.80. The third-order valence-corrected chi connectivity index (χ3v) is 5.40. The van der Waals surface area contributed by atoms with E-state index in [1.54, 1.807) is 45.0 Å². The molecule has 1 aromatic carbocycles. The molecule has 0 saturated carbocycles. The monoisotopic (exact) mass is 388 g/mol. The summed E-state index contributed by atoms with van der Waals surface area (Å²) >= 11 is 0. The summed E-state index contributed by atoms with van der Waals surface area (Å²) in [6.45, 7) is 7.98. The highest BCUT2D eigenvalue weighted by Crippen LogP contribution is 2.50. The van der Waals surface area contributed by atoms with E-state index in [0.717, 1.165) is 0 Å². The van der Waals surface area contributed by atoms with E-state index < -0.39 is 46.8 Å². The molecule has 150 valence electrons. The molecule has 0 aliphatic carbocycles. The zero-order chi connectivity index (χ0) is 21.0. The summed E-state index contributed by atoms with van der Waals surface area (Å²) in [5.74, 6) is -3.98. The van der Waals surface area contributed by atoms with E-state index >= 15 is 0 Å². The number of imide groups is 1. The molecule has 1 aromatic rings. The first-order chi connectivity index (χ1) is 12.9. The lowest BCUT2D eigenvalue weighted by Gasteiger charge is -2.34. The van der Waals surface area contributed by atoms with Crippen molar-refractivity contribution in [3.8, 4) is 5.75 Å². The summed E-state index contributed by atoms with van der Waals surface area (Å²) in [7, 11) is 0. The number of fused-ring (bicyclic) bond motifs is 1. The molecule has 8 nitrogen and oxygen atoms in total. The number of hydrogen-bond acceptors (Lipinski definition) is 6. The second-order valence-corrected chi connectivity index (χ2v) is 8.48. The number of hydrogen-bond donors (Lipinski definition) is 2. The van der Waals surface area contributed by atoms with Crippen molar-refractivity contribution in [2.45, 2.75) is 51.7 Å². The molecule has 4 atom stereocenters. The topological polar surface area (TPSA) is 113 Å². The van der Waals surface area contributed by atoms with Crippen molar-refractivity contribution in [1.82, 2.24) is 10.2 Å². The Labute approximate surface area is 162 Å². The molecular formula is C20H24N2O6. The van der Waals surface area contributed by atoms with Crippen LogP contribution >= 0.6 is 0 Å². The molecule has 2 N–H and O–H groups in total. The number of rotatable bonds is 3. The van der Waals surface area contributed by atoms with Crippen molar-refractivity contribution >= 4 is 23.8 Å². The maximum absolute atomic E-state index is 13.2. The largest absolute Gasteiger partial charge is 0.480 e. The molecule has 0 bridgehead atoms. The molecule has 28 heavy (non-hydrogen) atoms. The van der Waals surface area contributed by atoms with Gasteiger partial charge in [0, 0.05) is 18.5 Å². The van der Waals surface area contributed by atoms with Crippen molar-refractivity contribution < 1.29 is 29.0 Å². The van der Waals surface area contributed by atoms with Gasteiger partial charge in [-0.1, -0.05) is 12.1 Å². The van der Waals surface area contributed by atoms with Crippen LogP contribution in [0, 0.1) is 11.8 Å². The van der Waals surface area contributed by atoms with Crippen molar-refractivity contribution in [2.75, 3.05) is 0 Å². The van der Waals surface area contributed by atoms with E-state index in [1.807, 2.05) is 0 Å². The SMILES string of the molecule is CC(=O)Oc1ccc(C2NC(C)(C(=O)O)C3C(=O)N(C(C)(C)C)C(=O)C23)cc1. The summed E-state index contributed by atoms with van der Waals surface area (Å²) in [4.78, 5) is 50.5. The number of benzene rings is 1. The number of esters is 1. The van der Waals surface area contributed by atoms with Crippen LogP contribution in [0.25, 0.3) is 0 Å². The van der Waals surface area contributed by atoms with Crippen LogP contribution in [0.3, 0.4) is 0 Å². The minimum absolute atomic E-state index is 0.344.